The monoisotopic (exact) mass is 261 g/mol. The number of hydrogen-bond acceptors (Lipinski definition) is 2. The first-order valence-electron chi connectivity index (χ1n) is 7.13. The van der Waals surface area contributed by atoms with E-state index in [4.69, 9.17) is 0 Å². The number of hydrogen-bond donors (Lipinski definition) is 0. The van der Waals surface area contributed by atoms with Crippen LogP contribution >= 0.6 is 0 Å². The van der Waals surface area contributed by atoms with Crippen LogP contribution in [0.4, 0.5) is 0 Å². The lowest BCUT2D eigenvalue weighted by Gasteiger charge is -2.33. The number of ketones is 1. The van der Waals surface area contributed by atoms with E-state index in [0.29, 0.717) is 13.0 Å². The molecule has 1 amide bonds. The highest BCUT2D eigenvalue weighted by atomic mass is 16.1. The SMILES string of the molecule is CC1(C)CC(=O)C=C(N(C=O)CC2=CCCCC2)C1. The topological polar surface area (TPSA) is 37.4 Å². The molecule has 0 aromatic carbocycles. The van der Waals surface area contributed by atoms with Crippen LogP contribution < -0.4 is 0 Å². The molecule has 0 N–H and O–H groups in total. The molecule has 19 heavy (non-hydrogen) atoms. The first-order chi connectivity index (χ1) is 9.00. The van der Waals surface area contributed by atoms with Crippen molar-refractivity contribution in [3.05, 3.63) is 23.4 Å². The Morgan fingerprint density at radius 3 is 2.68 bits per heavy atom. The van der Waals surface area contributed by atoms with Crippen LogP contribution in [0.5, 0.6) is 0 Å². The maximum Gasteiger partial charge on any atom is 0.214 e. The molecule has 0 fully saturated rings. The van der Waals surface area contributed by atoms with Crippen molar-refractivity contribution >= 4 is 12.2 Å². The zero-order valence-electron chi connectivity index (χ0n) is 11.9. The molecule has 0 aromatic heterocycles. The smallest absolute Gasteiger partial charge is 0.214 e. The van der Waals surface area contributed by atoms with Crippen molar-refractivity contribution < 1.29 is 9.59 Å². The maximum absolute atomic E-state index is 11.8. The summed E-state index contributed by atoms with van der Waals surface area (Å²) in [4.78, 5) is 24.8. The highest BCUT2D eigenvalue weighted by Gasteiger charge is 2.29. The van der Waals surface area contributed by atoms with Crippen molar-refractivity contribution in [1.82, 2.24) is 4.90 Å². The summed E-state index contributed by atoms with van der Waals surface area (Å²) >= 11 is 0. The lowest BCUT2D eigenvalue weighted by Crippen LogP contribution is -2.32. The number of rotatable bonds is 4. The van der Waals surface area contributed by atoms with Gasteiger partial charge < -0.3 is 4.90 Å². The summed E-state index contributed by atoms with van der Waals surface area (Å²) in [6, 6.07) is 0. The third kappa shape index (κ3) is 3.79. The number of carbonyl (C=O) groups is 2. The molecule has 0 saturated carbocycles. The average Bonchev–Trinajstić information content (AvgIpc) is 2.34. The van der Waals surface area contributed by atoms with Crippen molar-refractivity contribution in [3.63, 3.8) is 0 Å². The molecule has 2 rings (SSSR count). The van der Waals surface area contributed by atoms with Gasteiger partial charge in [0.25, 0.3) is 0 Å². The van der Waals surface area contributed by atoms with Gasteiger partial charge in [0.15, 0.2) is 5.78 Å². The van der Waals surface area contributed by atoms with Crippen LogP contribution in [0, 0.1) is 5.41 Å². The van der Waals surface area contributed by atoms with Crippen LogP contribution in [-0.2, 0) is 9.59 Å². The highest BCUT2D eigenvalue weighted by molar-refractivity contribution is 5.92. The quantitative estimate of drug-likeness (QED) is 0.575. The Kier molecular flexibility index (Phi) is 4.23. The fourth-order valence-electron chi connectivity index (χ4n) is 2.97. The van der Waals surface area contributed by atoms with E-state index in [1.165, 1.54) is 18.4 Å². The second-order valence-corrected chi connectivity index (χ2v) is 6.46. The van der Waals surface area contributed by atoms with Crippen molar-refractivity contribution in [2.75, 3.05) is 6.54 Å². The van der Waals surface area contributed by atoms with Gasteiger partial charge in [0.05, 0.1) is 0 Å². The van der Waals surface area contributed by atoms with E-state index in [9.17, 15) is 9.59 Å². The number of carbonyl (C=O) groups excluding carboxylic acids is 2. The summed E-state index contributed by atoms with van der Waals surface area (Å²) in [6.45, 7) is 4.82. The zero-order valence-corrected chi connectivity index (χ0v) is 11.9. The van der Waals surface area contributed by atoms with Gasteiger partial charge >= 0.3 is 0 Å². The lowest BCUT2D eigenvalue weighted by atomic mass is 9.78. The molecule has 0 aromatic rings. The Bertz CT molecular complexity index is 432. The Morgan fingerprint density at radius 2 is 2.11 bits per heavy atom. The van der Waals surface area contributed by atoms with E-state index in [-0.39, 0.29) is 11.2 Å². The predicted octanol–water partition coefficient (Wildman–Crippen LogP) is 3.22. The van der Waals surface area contributed by atoms with Crippen molar-refractivity contribution in [2.45, 2.75) is 52.4 Å². The minimum Gasteiger partial charge on any atom is -0.315 e. The molecule has 0 radical (unpaired) electrons. The van der Waals surface area contributed by atoms with Crippen LogP contribution in [0.3, 0.4) is 0 Å². The van der Waals surface area contributed by atoms with Gasteiger partial charge in [-0.15, -0.1) is 0 Å². The van der Waals surface area contributed by atoms with E-state index in [0.717, 1.165) is 31.4 Å². The minimum atomic E-state index is -0.0383. The second-order valence-electron chi connectivity index (χ2n) is 6.46. The summed E-state index contributed by atoms with van der Waals surface area (Å²) < 4.78 is 0. The van der Waals surface area contributed by atoms with Crippen LogP contribution in [-0.4, -0.2) is 23.6 Å². The Hall–Kier alpha value is -1.38. The van der Waals surface area contributed by atoms with Gasteiger partial charge in [-0.3, -0.25) is 9.59 Å². The first kappa shape index (κ1) is 14.0. The van der Waals surface area contributed by atoms with Crippen LogP contribution in [0.25, 0.3) is 0 Å². The van der Waals surface area contributed by atoms with Crippen LogP contribution in [0.2, 0.25) is 0 Å². The molecule has 2 aliphatic rings. The third-order valence-corrected chi connectivity index (χ3v) is 3.89. The molecule has 0 heterocycles. The van der Waals surface area contributed by atoms with Gasteiger partial charge in [-0.25, -0.2) is 0 Å². The molecule has 2 aliphatic carbocycles. The molecular formula is C16H23NO2. The van der Waals surface area contributed by atoms with E-state index in [1.807, 2.05) is 0 Å². The predicted molar refractivity (Wildman–Crippen MR) is 75.4 cm³/mol. The molecule has 0 saturated heterocycles. The average molecular weight is 261 g/mol. The van der Waals surface area contributed by atoms with Crippen molar-refractivity contribution in [3.8, 4) is 0 Å². The van der Waals surface area contributed by atoms with Gasteiger partial charge in [0.1, 0.15) is 0 Å². The summed E-state index contributed by atoms with van der Waals surface area (Å²) in [7, 11) is 0. The maximum atomic E-state index is 11.8. The zero-order chi connectivity index (χ0) is 13.9. The minimum absolute atomic E-state index is 0.0383. The Labute approximate surface area is 115 Å². The summed E-state index contributed by atoms with van der Waals surface area (Å²) in [5.74, 6) is 0.135. The standard InChI is InChI=1S/C16H23NO2/c1-16(2)9-14(8-15(19)10-16)17(12-18)11-13-6-4-3-5-7-13/h6,8,12H,3-5,7,9-11H2,1-2H3. The van der Waals surface area contributed by atoms with Crippen LogP contribution in [0.15, 0.2) is 23.4 Å². The molecular weight excluding hydrogens is 238 g/mol. The fraction of sp³-hybridized carbons (Fsp3) is 0.625. The van der Waals surface area contributed by atoms with Crippen molar-refractivity contribution in [1.29, 1.82) is 0 Å². The highest BCUT2D eigenvalue weighted by Crippen LogP contribution is 2.35. The normalized spacial score (nSPS) is 22.5. The largest absolute Gasteiger partial charge is 0.315 e. The number of nitrogens with zero attached hydrogens (tertiary/aromatic N) is 1. The summed E-state index contributed by atoms with van der Waals surface area (Å²) in [6.07, 6.45) is 10.8. The van der Waals surface area contributed by atoms with Gasteiger partial charge in [0.2, 0.25) is 6.41 Å². The van der Waals surface area contributed by atoms with E-state index in [2.05, 4.69) is 19.9 Å². The van der Waals surface area contributed by atoms with E-state index in [1.54, 1.807) is 11.0 Å². The van der Waals surface area contributed by atoms with Gasteiger partial charge in [-0.05, 0) is 37.5 Å². The molecule has 3 nitrogen and oxygen atoms in total. The fourth-order valence-corrected chi connectivity index (χ4v) is 2.97. The number of allylic oxidation sites excluding steroid dienone is 3. The lowest BCUT2D eigenvalue weighted by molar-refractivity contribution is -0.118. The molecule has 0 aliphatic heterocycles. The molecule has 0 unspecified atom stereocenters. The Balaban J connectivity index is 2.10. The third-order valence-electron chi connectivity index (χ3n) is 3.89. The van der Waals surface area contributed by atoms with Gasteiger partial charge in [-0.1, -0.05) is 25.5 Å². The second kappa shape index (κ2) is 5.72. The Morgan fingerprint density at radius 1 is 1.32 bits per heavy atom. The number of amides is 1. The first-order valence-corrected chi connectivity index (χ1v) is 7.13. The van der Waals surface area contributed by atoms with Crippen molar-refractivity contribution in [2.24, 2.45) is 5.41 Å². The van der Waals surface area contributed by atoms with E-state index >= 15 is 0 Å². The molecule has 3 heteroatoms. The van der Waals surface area contributed by atoms with Gasteiger partial charge in [-0.2, -0.15) is 0 Å². The summed E-state index contributed by atoms with van der Waals surface area (Å²) in [5.41, 5.74) is 2.17. The van der Waals surface area contributed by atoms with Gasteiger partial charge in [0, 0.05) is 24.7 Å². The molecule has 0 spiro atoms. The molecule has 0 atom stereocenters. The molecule has 104 valence electrons. The summed E-state index contributed by atoms with van der Waals surface area (Å²) in [5, 5.41) is 0. The van der Waals surface area contributed by atoms with E-state index < -0.39 is 0 Å². The molecule has 0 bridgehead atoms. The van der Waals surface area contributed by atoms with Crippen LogP contribution in [0.1, 0.15) is 52.4 Å².